The molecule has 1 aromatic rings. The molecule has 0 unspecified atom stereocenters. The van der Waals surface area contributed by atoms with Gasteiger partial charge in [-0.3, -0.25) is 0 Å². The minimum Gasteiger partial charge on any atom is -0.507 e. The molecule has 0 radical (unpaired) electrons. The molecule has 0 aromatic heterocycles. The molecule has 0 aliphatic heterocycles. The highest BCUT2D eigenvalue weighted by atomic mass is 79.9. The van der Waals surface area contributed by atoms with Gasteiger partial charge in [0.15, 0.2) is 0 Å². The highest BCUT2D eigenvalue weighted by Gasteiger charge is 2.36. The molecule has 3 N–H and O–H groups in total. The molecule has 0 amide bonds. The Bertz CT molecular complexity index is 426. The van der Waals surface area contributed by atoms with Crippen LogP contribution in [-0.2, 0) is 6.18 Å². The van der Waals surface area contributed by atoms with Gasteiger partial charge in [-0.1, -0.05) is 15.9 Å². The maximum absolute atomic E-state index is 12.5. The van der Waals surface area contributed by atoms with Crippen molar-refractivity contribution >= 4 is 28.3 Å². The molecule has 0 aliphatic carbocycles. The van der Waals surface area contributed by atoms with Crippen LogP contribution in [0.4, 0.5) is 22.0 Å². The topological polar surface area (TPSA) is 46.2 Å². The number of alkyl halides is 5. The van der Waals surface area contributed by atoms with Crippen molar-refractivity contribution in [1.82, 2.24) is 0 Å². The lowest BCUT2D eigenvalue weighted by Gasteiger charge is -2.17. The van der Waals surface area contributed by atoms with Crippen LogP contribution in [0.5, 0.6) is 5.75 Å². The Morgan fingerprint density at radius 1 is 1.22 bits per heavy atom. The summed E-state index contributed by atoms with van der Waals surface area (Å²) in [6.07, 6.45) is -7.92. The van der Waals surface area contributed by atoms with Crippen molar-refractivity contribution in [2.45, 2.75) is 18.6 Å². The van der Waals surface area contributed by atoms with Gasteiger partial charge in [-0.05, 0) is 12.1 Å². The van der Waals surface area contributed by atoms with E-state index in [1.807, 2.05) is 0 Å². The van der Waals surface area contributed by atoms with E-state index >= 15 is 0 Å². The van der Waals surface area contributed by atoms with Gasteiger partial charge in [-0.25, -0.2) is 8.78 Å². The van der Waals surface area contributed by atoms with E-state index in [0.717, 1.165) is 6.07 Å². The predicted molar refractivity (Wildman–Crippen MR) is 61.0 cm³/mol. The van der Waals surface area contributed by atoms with Gasteiger partial charge in [0.2, 0.25) is 0 Å². The first-order valence-corrected chi connectivity index (χ1v) is 5.07. The molecule has 1 atom stereocenters. The van der Waals surface area contributed by atoms with Crippen molar-refractivity contribution in [2.24, 2.45) is 5.73 Å². The lowest BCUT2D eigenvalue weighted by atomic mass is 10.0. The summed E-state index contributed by atoms with van der Waals surface area (Å²) in [7, 11) is 0. The first-order valence-electron chi connectivity index (χ1n) is 4.28. The molecule has 0 saturated carbocycles. The SMILES string of the molecule is Cl.N[C@H](c1cc(Br)cc(C(F)(F)F)c1O)C(F)F. The van der Waals surface area contributed by atoms with Gasteiger partial charge < -0.3 is 10.8 Å². The van der Waals surface area contributed by atoms with Crippen LogP contribution in [0.2, 0.25) is 0 Å². The molecule has 1 rings (SSSR count). The Morgan fingerprint density at radius 3 is 2.11 bits per heavy atom. The van der Waals surface area contributed by atoms with Gasteiger partial charge in [0, 0.05) is 10.0 Å². The average Bonchev–Trinajstić information content (AvgIpc) is 2.18. The van der Waals surface area contributed by atoms with Crippen LogP contribution in [0.3, 0.4) is 0 Å². The number of hydrogen-bond donors (Lipinski definition) is 2. The van der Waals surface area contributed by atoms with E-state index in [1.165, 1.54) is 0 Å². The average molecular weight is 357 g/mol. The van der Waals surface area contributed by atoms with E-state index < -0.39 is 35.5 Å². The molecule has 9 heteroatoms. The van der Waals surface area contributed by atoms with Crippen molar-refractivity contribution in [3.8, 4) is 5.75 Å². The highest BCUT2D eigenvalue weighted by Crippen LogP contribution is 2.41. The van der Waals surface area contributed by atoms with Crippen LogP contribution in [0, 0.1) is 0 Å². The number of hydrogen-bond acceptors (Lipinski definition) is 2. The van der Waals surface area contributed by atoms with E-state index in [2.05, 4.69) is 15.9 Å². The molecular weight excluding hydrogens is 348 g/mol. The van der Waals surface area contributed by atoms with Crippen molar-refractivity contribution in [3.63, 3.8) is 0 Å². The van der Waals surface area contributed by atoms with Crippen molar-refractivity contribution in [3.05, 3.63) is 27.7 Å². The molecule has 1 aromatic carbocycles. The Hall–Kier alpha value is -0.600. The van der Waals surface area contributed by atoms with E-state index in [9.17, 15) is 27.1 Å². The van der Waals surface area contributed by atoms with Crippen LogP contribution in [0.25, 0.3) is 0 Å². The summed E-state index contributed by atoms with van der Waals surface area (Å²) in [5, 5.41) is 9.31. The second-order valence-electron chi connectivity index (χ2n) is 3.25. The van der Waals surface area contributed by atoms with Crippen LogP contribution >= 0.6 is 28.3 Å². The molecular formula is C9H8BrClF5NO. The van der Waals surface area contributed by atoms with Gasteiger partial charge in [0.05, 0.1) is 11.6 Å². The summed E-state index contributed by atoms with van der Waals surface area (Å²) < 4.78 is 61.9. The summed E-state index contributed by atoms with van der Waals surface area (Å²) in [4.78, 5) is 0. The maximum atomic E-state index is 12.5. The molecule has 0 spiro atoms. The zero-order valence-electron chi connectivity index (χ0n) is 8.51. The first-order chi connectivity index (χ1) is 7.64. The largest absolute Gasteiger partial charge is 0.507 e. The molecule has 0 saturated heterocycles. The number of halogens is 7. The van der Waals surface area contributed by atoms with Crippen LogP contribution < -0.4 is 5.73 Å². The number of benzene rings is 1. The minimum absolute atomic E-state index is 0. The predicted octanol–water partition coefficient (Wildman–Crippen LogP) is 3.86. The van der Waals surface area contributed by atoms with Gasteiger partial charge in [0.25, 0.3) is 6.43 Å². The molecule has 0 fully saturated rings. The van der Waals surface area contributed by atoms with Crippen LogP contribution in [0.1, 0.15) is 17.2 Å². The Morgan fingerprint density at radius 2 is 1.72 bits per heavy atom. The molecule has 0 aliphatic rings. The van der Waals surface area contributed by atoms with E-state index in [4.69, 9.17) is 5.73 Å². The summed E-state index contributed by atoms with van der Waals surface area (Å²) >= 11 is 2.75. The van der Waals surface area contributed by atoms with Gasteiger partial charge in [-0.15, -0.1) is 12.4 Å². The third-order valence-electron chi connectivity index (χ3n) is 2.04. The Kier molecular flexibility index (Phi) is 5.83. The molecule has 2 nitrogen and oxygen atoms in total. The van der Waals surface area contributed by atoms with E-state index in [-0.39, 0.29) is 16.9 Å². The second kappa shape index (κ2) is 6.03. The van der Waals surface area contributed by atoms with Crippen LogP contribution in [-0.4, -0.2) is 11.5 Å². The summed E-state index contributed by atoms with van der Waals surface area (Å²) in [6.45, 7) is 0. The smallest absolute Gasteiger partial charge is 0.420 e. The number of rotatable bonds is 2. The Balaban J connectivity index is 0.00000289. The Labute approximate surface area is 114 Å². The molecule has 104 valence electrons. The van der Waals surface area contributed by atoms with Crippen molar-refractivity contribution in [2.75, 3.05) is 0 Å². The fourth-order valence-corrected chi connectivity index (χ4v) is 1.70. The summed E-state index contributed by atoms with van der Waals surface area (Å²) in [5.74, 6) is -1.27. The number of phenols is 1. The van der Waals surface area contributed by atoms with Crippen LogP contribution in [0.15, 0.2) is 16.6 Å². The summed E-state index contributed by atoms with van der Waals surface area (Å²) in [6, 6.07) is -0.452. The number of aromatic hydroxyl groups is 1. The lowest BCUT2D eigenvalue weighted by molar-refractivity contribution is -0.138. The quantitative estimate of drug-likeness (QED) is 0.791. The fourth-order valence-electron chi connectivity index (χ4n) is 1.23. The fraction of sp³-hybridized carbons (Fsp3) is 0.333. The minimum atomic E-state index is -4.84. The normalized spacial score (nSPS) is 13.3. The van der Waals surface area contributed by atoms with E-state index in [1.54, 1.807) is 0 Å². The van der Waals surface area contributed by atoms with E-state index in [0.29, 0.717) is 6.07 Å². The van der Waals surface area contributed by atoms with Gasteiger partial charge in [0.1, 0.15) is 5.75 Å². The van der Waals surface area contributed by atoms with Crippen molar-refractivity contribution in [1.29, 1.82) is 0 Å². The molecule has 0 heterocycles. The third-order valence-corrected chi connectivity index (χ3v) is 2.50. The first kappa shape index (κ1) is 17.4. The number of nitrogens with two attached hydrogens (primary N) is 1. The van der Waals surface area contributed by atoms with Gasteiger partial charge in [-0.2, -0.15) is 13.2 Å². The van der Waals surface area contributed by atoms with Crippen molar-refractivity contribution < 1.29 is 27.1 Å². The highest BCUT2D eigenvalue weighted by molar-refractivity contribution is 9.10. The summed E-state index contributed by atoms with van der Waals surface area (Å²) in [5.41, 5.74) is 2.97. The number of phenolic OH excluding ortho intramolecular Hbond substituents is 1. The monoisotopic (exact) mass is 355 g/mol. The molecule has 18 heavy (non-hydrogen) atoms. The second-order valence-corrected chi connectivity index (χ2v) is 4.16. The maximum Gasteiger partial charge on any atom is 0.420 e. The lowest BCUT2D eigenvalue weighted by Crippen LogP contribution is -2.20. The molecule has 0 bridgehead atoms. The zero-order valence-corrected chi connectivity index (χ0v) is 10.9. The standard InChI is InChI=1S/C9H7BrF5NO.ClH/c10-3-1-4(6(16)8(11)12)7(17)5(2-3)9(13,14)15;/h1-2,6,8,17H,16H2;1H/t6-;/m1./s1. The van der Waals surface area contributed by atoms with Gasteiger partial charge >= 0.3 is 6.18 Å². The zero-order chi connectivity index (χ0) is 13.4. The third kappa shape index (κ3) is 3.69.